The number of anilines is 1. The van der Waals surface area contributed by atoms with Gasteiger partial charge in [-0.1, -0.05) is 0 Å². The topological polar surface area (TPSA) is 90.7 Å². The van der Waals surface area contributed by atoms with Crippen molar-refractivity contribution < 1.29 is 23.9 Å². The number of nitrogens with zero attached hydrogens (tertiary/aromatic N) is 1. The van der Waals surface area contributed by atoms with Crippen LogP contribution in [-0.2, 0) is 4.74 Å². The van der Waals surface area contributed by atoms with Crippen LogP contribution in [0.5, 0.6) is 5.75 Å². The smallest absolute Gasteiger partial charge is 0.411 e. The second-order valence-electron chi connectivity index (χ2n) is 2.86. The van der Waals surface area contributed by atoms with E-state index in [2.05, 4.69) is 15.0 Å². The van der Waals surface area contributed by atoms with Crippen LogP contribution in [0.15, 0.2) is 18.2 Å². The fourth-order valence-electron chi connectivity index (χ4n) is 1.07. The Morgan fingerprint density at radius 1 is 1.59 bits per heavy atom. The molecule has 0 saturated carbocycles. The molecule has 17 heavy (non-hydrogen) atoms. The van der Waals surface area contributed by atoms with Gasteiger partial charge in [0.05, 0.1) is 17.2 Å². The molecule has 1 N–H and O–H groups in total. The van der Waals surface area contributed by atoms with E-state index in [1.165, 1.54) is 0 Å². The lowest BCUT2D eigenvalue weighted by atomic mass is 10.2. The summed E-state index contributed by atoms with van der Waals surface area (Å²) in [5.74, 6) is -0.344. The molecule has 0 aliphatic heterocycles. The molecule has 0 atom stereocenters. The van der Waals surface area contributed by atoms with E-state index in [-0.39, 0.29) is 23.7 Å². The van der Waals surface area contributed by atoms with Crippen molar-refractivity contribution in [1.29, 1.82) is 0 Å². The number of halogens is 1. The molecule has 0 saturated heterocycles. The Kier molecular flexibility index (Phi) is 4.21. The third-order valence-electron chi connectivity index (χ3n) is 1.77. The summed E-state index contributed by atoms with van der Waals surface area (Å²) in [6, 6.07) is 3.04. The SMILES string of the molecule is CCOC(=O)Nc1cc([N+](=O)[O-])ccc1OF. The van der Waals surface area contributed by atoms with Crippen molar-refractivity contribution in [2.24, 2.45) is 0 Å². The van der Waals surface area contributed by atoms with E-state index in [0.717, 1.165) is 18.2 Å². The van der Waals surface area contributed by atoms with Crippen LogP contribution in [0.4, 0.5) is 20.7 Å². The molecule has 0 spiro atoms. The van der Waals surface area contributed by atoms with Gasteiger partial charge in [0.1, 0.15) is 0 Å². The summed E-state index contributed by atoms with van der Waals surface area (Å²) < 4.78 is 16.6. The van der Waals surface area contributed by atoms with E-state index in [0.29, 0.717) is 0 Å². The number of benzene rings is 1. The van der Waals surface area contributed by atoms with E-state index in [4.69, 9.17) is 0 Å². The molecule has 92 valence electrons. The van der Waals surface area contributed by atoms with Crippen molar-refractivity contribution in [2.45, 2.75) is 6.92 Å². The zero-order chi connectivity index (χ0) is 12.8. The molecule has 0 aliphatic carbocycles. The van der Waals surface area contributed by atoms with Crippen LogP contribution < -0.4 is 10.3 Å². The highest BCUT2D eigenvalue weighted by atomic mass is 19.3. The van der Waals surface area contributed by atoms with E-state index in [9.17, 15) is 19.4 Å². The van der Waals surface area contributed by atoms with Crippen LogP contribution in [-0.4, -0.2) is 17.6 Å². The lowest BCUT2D eigenvalue weighted by molar-refractivity contribution is -0.384. The standard InChI is InChI=1S/C9H9FN2O5/c1-2-16-9(13)11-7-5-6(12(14)15)3-4-8(7)17-10/h3-5H,2H2,1H3,(H,11,13). The zero-order valence-electron chi connectivity index (χ0n) is 8.81. The first-order chi connectivity index (χ1) is 8.08. The predicted octanol–water partition coefficient (Wildman–Crippen LogP) is 2.43. The number of carbonyl (C=O) groups is 1. The third kappa shape index (κ3) is 3.30. The number of rotatable bonds is 4. The van der Waals surface area contributed by atoms with Gasteiger partial charge in [-0.15, -0.1) is 0 Å². The molecule has 1 rings (SSSR count). The van der Waals surface area contributed by atoms with Crippen molar-refractivity contribution in [3.63, 3.8) is 0 Å². The Morgan fingerprint density at radius 3 is 2.82 bits per heavy atom. The molecule has 1 amide bonds. The molecule has 1 aromatic rings. The van der Waals surface area contributed by atoms with Crippen LogP contribution in [0.25, 0.3) is 0 Å². The summed E-state index contributed by atoms with van der Waals surface area (Å²) in [6.45, 7) is 1.70. The predicted molar refractivity (Wildman–Crippen MR) is 55.5 cm³/mol. The van der Waals surface area contributed by atoms with E-state index >= 15 is 0 Å². The monoisotopic (exact) mass is 244 g/mol. The number of nitrogens with one attached hydrogen (secondary N) is 1. The highest BCUT2D eigenvalue weighted by molar-refractivity contribution is 5.87. The Balaban J connectivity index is 2.97. The summed E-state index contributed by atoms with van der Waals surface area (Å²) >= 11 is 0. The maximum absolute atomic E-state index is 12.1. The van der Waals surface area contributed by atoms with Crippen LogP contribution >= 0.6 is 0 Å². The molecule has 0 aliphatic rings. The second kappa shape index (κ2) is 5.64. The molecule has 7 nitrogen and oxygen atoms in total. The normalized spacial score (nSPS) is 9.53. The molecule has 8 heteroatoms. The van der Waals surface area contributed by atoms with Gasteiger partial charge in [-0.05, 0) is 13.0 Å². The Bertz CT molecular complexity index is 437. The first kappa shape index (κ1) is 12.7. The highest BCUT2D eigenvalue weighted by Crippen LogP contribution is 2.29. The van der Waals surface area contributed by atoms with Gasteiger partial charge in [-0.3, -0.25) is 20.4 Å². The number of nitro groups is 1. The average molecular weight is 244 g/mol. The lowest BCUT2D eigenvalue weighted by Gasteiger charge is -2.07. The first-order valence-electron chi connectivity index (χ1n) is 4.59. The van der Waals surface area contributed by atoms with Gasteiger partial charge in [0.2, 0.25) is 0 Å². The van der Waals surface area contributed by atoms with Gasteiger partial charge in [0.15, 0.2) is 5.75 Å². The number of nitro benzene ring substituents is 1. The fourth-order valence-corrected chi connectivity index (χ4v) is 1.07. The zero-order valence-corrected chi connectivity index (χ0v) is 8.81. The van der Waals surface area contributed by atoms with Gasteiger partial charge in [0, 0.05) is 16.7 Å². The minimum absolute atomic E-state index is 0.118. The Labute approximate surface area is 95.2 Å². The minimum Gasteiger partial charge on any atom is -0.450 e. The highest BCUT2D eigenvalue weighted by Gasteiger charge is 2.15. The number of hydrogen-bond donors (Lipinski definition) is 1. The maximum atomic E-state index is 12.1. The van der Waals surface area contributed by atoms with Gasteiger partial charge < -0.3 is 4.74 Å². The molecular formula is C9H9FN2O5. The molecule has 0 bridgehead atoms. The number of non-ortho nitro benzene ring substituents is 1. The lowest BCUT2D eigenvalue weighted by Crippen LogP contribution is -2.13. The van der Waals surface area contributed by atoms with Crippen LogP contribution in [0.3, 0.4) is 0 Å². The van der Waals surface area contributed by atoms with Crippen molar-refractivity contribution in [1.82, 2.24) is 0 Å². The van der Waals surface area contributed by atoms with Crippen molar-refractivity contribution in [3.05, 3.63) is 28.3 Å². The van der Waals surface area contributed by atoms with Gasteiger partial charge in [-0.2, -0.15) is 0 Å². The molecule has 0 heterocycles. The molecule has 0 aromatic heterocycles. The van der Waals surface area contributed by atoms with Crippen molar-refractivity contribution in [2.75, 3.05) is 11.9 Å². The molecule has 0 fully saturated rings. The largest absolute Gasteiger partial charge is 0.450 e. The van der Waals surface area contributed by atoms with E-state index in [1.807, 2.05) is 0 Å². The van der Waals surface area contributed by atoms with Crippen molar-refractivity contribution >= 4 is 17.5 Å². The number of ether oxygens (including phenoxy) is 1. The maximum Gasteiger partial charge on any atom is 0.411 e. The molecule has 1 aromatic carbocycles. The number of amides is 1. The second-order valence-corrected chi connectivity index (χ2v) is 2.86. The summed E-state index contributed by atoms with van der Waals surface area (Å²) in [7, 11) is 0. The van der Waals surface area contributed by atoms with E-state index in [1.54, 1.807) is 6.92 Å². The Morgan fingerprint density at radius 2 is 2.29 bits per heavy atom. The summed E-state index contributed by atoms with van der Waals surface area (Å²) in [4.78, 5) is 24.4. The van der Waals surface area contributed by atoms with Gasteiger partial charge >= 0.3 is 6.09 Å². The third-order valence-corrected chi connectivity index (χ3v) is 1.77. The Hall–Kier alpha value is -2.38. The first-order valence-corrected chi connectivity index (χ1v) is 4.59. The van der Waals surface area contributed by atoms with Crippen LogP contribution in [0, 0.1) is 10.1 Å². The average Bonchev–Trinajstić information content (AvgIpc) is 2.29. The summed E-state index contributed by atoms with van der Waals surface area (Å²) in [5.41, 5.74) is -0.488. The minimum atomic E-state index is -0.855. The van der Waals surface area contributed by atoms with Gasteiger partial charge in [0.25, 0.3) is 5.69 Å². The number of hydrogen-bond acceptors (Lipinski definition) is 5. The van der Waals surface area contributed by atoms with E-state index < -0.39 is 11.0 Å². The molecule has 0 unspecified atom stereocenters. The van der Waals surface area contributed by atoms with Crippen LogP contribution in [0.2, 0.25) is 0 Å². The quantitative estimate of drug-likeness (QED) is 0.648. The summed E-state index contributed by atoms with van der Waals surface area (Å²) in [6.07, 6.45) is -0.855. The molecular weight excluding hydrogens is 235 g/mol. The van der Waals surface area contributed by atoms with Crippen molar-refractivity contribution in [3.8, 4) is 5.75 Å². The molecule has 0 radical (unpaired) electrons. The summed E-state index contributed by atoms with van der Waals surface area (Å²) in [5, 5.41) is 12.6. The number of carbonyl (C=O) groups excluding carboxylic acids is 1. The van der Waals surface area contributed by atoms with Gasteiger partial charge in [-0.25, -0.2) is 4.79 Å². The van der Waals surface area contributed by atoms with Crippen LogP contribution in [0.1, 0.15) is 6.92 Å². The fraction of sp³-hybridized carbons (Fsp3) is 0.222.